The van der Waals surface area contributed by atoms with E-state index in [1.165, 1.54) is 6.08 Å². The summed E-state index contributed by atoms with van der Waals surface area (Å²) < 4.78 is 47.2. The van der Waals surface area contributed by atoms with E-state index in [4.69, 9.17) is 9.47 Å². The lowest BCUT2D eigenvalue weighted by atomic mass is 10.0. The molecule has 1 aromatic rings. The maximum Gasteiger partial charge on any atom is 0.471 e. The van der Waals surface area contributed by atoms with E-state index >= 15 is 0 Å². The first-order valence-corrected chi connectivity index (χ1v) is 7.77. The van der Waals surface area contributed by atoms with E-state index in [1.54, 1.807) is 17.5 Å². The molecule has 1 aromatic carbocycles. The van der Waals surface area contributed by atoms with Crippen molar-refractivity contribution in [2.24, 2.45) is 5.92 Å². The third-order valence-corrected chi connectivity index (χ3v) is 3.63. The lowest BCUT2D eigenvalue weighted by Gasteiger charge is -2.22. The third-order valence-electron chi connectivity index (χ3n) is 3.63. The largest absolute Gasteiger partial charge is 0.493 e. The molecule has 0 atom stereocenters. The van der Waals surface area contributed by atoms with Gasteiger partial charge in [0.05, 0.1) is 6.61 Å². The number of carbonyl (C=O) groups is 1. The molecule has 1 N–H and O–H groups in total. The monoisotopic (exact) mass is 343 g/mol. The van der Waals surface area contributed by atoms with Crippen molar-refractivity contribution < 1.29 is 27.4 Å². The zero-order valence-electron chi connectivity index (χ0n) is 13.1. The van der Waals surface area contributed by atoms with Gasteiger partial charge in [0.15, 0.2) is 0 Å². The quantitative estimate of drug-likeness (QED) is 0.863. The Hall–Kier alpha value is -2.02. The fraction of sp³-hybridized carbons (Fsp3) is 0.471. The fourth-order valence-electron chi connectivity index (χ4n) is 2.28. The number of carbonyl (C=O) groups excluding carboxylic acids is 1. The smallest absolute Gasteiger partial charge is 0.471 e. The van der Waals surface area contributed by atoms with E-state index in [-0.39, 0.29) is 6.54 Å². The van der Waals surface area contributed by atoms with Gasteiger partial charge in [0, 0.05) is 19.8 Å². The van der Waals surface area contributed by atoms with Gasteiger partial charge >= 0.3 is 12.1 Å². The standard InChI is InChI=1S/C17H20F3NO3/c18-17(19,20)16(22)21-8-2-4-13-3-1-5-15(11-13)24-12-14-6-9-23-10-7-14/h1-5,11,14H,6-10,12H2,(H,21,22)/b4-2+. The predicted octanol–water partition coefficient (Wildman–Crippen LogP) is 3.18. The summed E-state index contributed by atoms with van der Waals surface area (Å²) in [4.78, 5) is 10.7. The first-order valence-electron chi connectivity index (χ1n) is 7.77. The van der Waals surface area contributed by atoms with Gasteiger partial charge in [-0.25, -0.2) is 0 Å². The van der Waals surface area contributed by atoms with Crippen molar-refractivity contribution in [3.05, 3.63) is 35.9 Å². The maximum atomic E-state index is 12.0. The highest BCUT2D eigenvalue weighted by atomic mass is 19.4. The predicted molar refractivity (Wildman–Crippen MR) is 83.6 cm³/mol. The van der Waals surface area contributed by atoms with Crippen molar-refractivity contribution in [1.82, 2.24) is 5.32 Å². The molecule has 0 radical (unpaired) electrons. The topological polar surface area (TPSA) is 47.6 Å². The SMILES string of the molecule is O=C(NC/C=C/c1cccc(OCC2CCOCC2)c1)C(F)(F)F. The highest BCUT2D eigenvalue weighted by Gasteiger charge is 2.37. The van der Waals surface area contributed by atoms with Gasteiger partial charge in [0.1, 0.15) is 5.75 Å². The van der Waals surface area contributed by atoms with E-state index in [0.717, 1.165) is 31.6 Å². The Morgan fingerprint density at radius 1 is 1.33 bits per heavy atom. The van der Waals surface area contributed by atoms with Crippen LogP contribution in [0.2, 0.25) is 0 Å². The lowest BCUT2D eigenvalue weighted by Crippen LogP contribution is -2.36. The van der Waals surface area contributed by atoms with Crippen molar-refractivity contribution in [3.63, 3.8) is 0 Å². The Morgan fingerprint density at radius 2 is 2.08 bits per heavy atom. The molecule has 1 aliphatic heterocycles. The molecule has 132 valence electrons. The van der Waals surface area contributed by atoms with Crippen molar-refractivity contribution in [2.75, 3.05) is 26.4 Å². The van der Waals surface area contributed by atoms with Gasteiger partial charge in [-0.2, -0.15) is 13.2 Å². The molecule has 0 saturated carbocycles. The molecule has 1 aliphatic rings. The number of halogens is 3. The van der Waals surface area contributed by atoms with Crippen LogP contribution in [0.1, 0.15) is 18.4 Å². The lowest BCUT2D eigenvalue weighted by molar-refractivity contribution is -0.173. The highest BCUT2D eigenvalue weighted by molar-refractivity contribution is 5.81. The molecule has 0 aliphatic carbocycles. The summed E-state index contributed by atoms with van der Waals surface area (Å²) in [7, 11) is 0. The molecule has 4 nitrogen and oxygen atoms in total. The van der Waals surface area contributed by atoms with E-state index in [0.29, 0.717) is 18.3 Å². The molecule has 2 rings (SSSR count). The molecule has 7 heteroatoms. The van der Waals surface area contributed by atoms with Gasteiger partial charge in [-0.05, 0) is 36.5 Å². The van der Waals surface area contributed by atoms with Gasteiger partial charge in [-0.1, -0.05) is 24.3 Å². The molecule has 0 bridgehead atoms. The molecule has 0 unspecified atom stereocenters. The van der Waals surface area contributed by atoms with Crippen LogP contribution < -0.4 is 10.1 Å². The van der Waals surface area contributed by atoms with Crippen molar-refractivity contribution in [3.8, 4) is 5.75 Å². The molecule has 1 fully saturated rings. The second-order valence-electron chi connectivity index (χ2n) is 5.55. The van der Waals surface area contributed by atoms with Gasteiger partial charge in [-0.3, -0.25) is 4.79 Å². The Morgan fingerprint density at radius 3 is 2.79 bits per heavy atom. The molecule has 24 heavy (non-hydrogen) atoms. The molecular weight excluding hydrogens is 323 g/mol. The summed E-state index contributed by atoms with van der Waals surface area (Å²) in [5, 5.41) is 1.78. The minimum absolute atomic E-state index is 0.189. The summed E-state index contributed by atoms with van der Waals surface area (Å²) in [6.45, 7) is 1.96. The molecule has 0 spiro atoms. The Balaban J connectivity index is 1.79. The van der Waals surface area contributed by atoms with Crippen molar-refractivity contribution in [2.45, 2.75) is 19.0 Å². The minimum atomic E-state index is -4.86. The number of rotatable bonds is 6. The Labute approximate surface area is 138 Å². The van der Waals surface area contributed by atoms with Crippen LogP contribution in [0.4, 0.5) is 13.2 Å². The van der Waals surface area contributed by atoms with Gasteiger partial charge in [0.25, 0.3) is 0 Å². The van der Waals surface area contributed by atoms with Crippen molar-refractivity contribution >= 4 is 12.0 Å². The van der Waals surface area contributed by atoms with Crippen LogP contribution in [0, 0.1) is 5.92 Å². The Kier molecular flexibility index (Phi) is 6.66. The zero-order valence-corrected chi connectivity index (χ0v) is 13.1. The zero-order chi connectivity index (χ0) is 17.4. The molecular formula is C17H20F3NO3. The van der Waals surface area contributed by atoms with Crippen LogP contribution in [-0.2, 0) is 9.53 Å². The van der Waals surface area contributed by atoms with Gasteiger partial charge < -0.3 is 14.8 Å². The average Bonchev–Trinajstić information content (AvgIpc) is 2.57. The van der Waals surface area contributed by atoms with Crippen LogP contribution in [-0.4, -0.2) is 38.4 Å². The van der Waals surface area contributed by atoms with Gasteiger partial charge in [-0.15, -0.1) is 0 Å². The van der Waals surface area contributed by atoms with Crippen molar-refractivity contribution in [1.29, 1.82) is 0 Å². The third kappa shape index (κ3) is 6.23. The van der Waals surface area contributed by atoms with Crippen LogP contribution in [0.15, 0.2) is 30.3 Å². The number of nitrogens with one attached hydrogen (secondary N) is 1. The summed E-state index contributed by atoms with van der Waals surface area (Å²) in [6, 6.07) is 7.26. The molecule has 1 amide bonds. The number of hydrogen-bond acceptors (Lipinski definition) is 3. The minimum Gasteiger partial charge on any atom is -0.493 e. The number of benzene rings is 1. The molecule has 1 saturated heterocycles. The number of amides is 1. The molecule has 1 heterocycles. The first kappa shape index (κ1) is 18.3. The van der Waals surface area contributed by atoms with E-state index in [9.17, 15) is 18.0 Å². The summed E-state index contributed by atoms with van der Waals surface area (Å²) >= 11 is 0. The highest BCUT2D eigenvalue weighted by Crippen LogP contribution is 2.19. The van der Waals surface area contributed by atoms with E-state index in [1.807, 2.05) is 18.2 Å². The van der Waals surface area contributed by atoms with Crippen LogP contribution in [0.3, 0.4) is 0 Å². The van der Waals surface area contributed by atoms with Gasteiger partial charge in [0.2, 0.25) is 0 Å². The van der Waals surface area contributed by atoms with E-state index < -0.39 is 12.1 Å². The first-order chi connectivity index (χ1) is 11.4. The number of hydrogen-bond donors (Lipinski definition) is 1. The van der Waals surface area contributed by atoms with Crippen LogP contribution >= 0.6 is 0 Å². The second-order valence-corrected chi connectivity index (χ2v) is 5.55. The normalized spacial score (nSPS) is 16.3. The summed E-state index contributed by atoms with van der Waals surface area (Å²) in [5.74, 6) is -0.751. The fourth-order valence-corrected chi connectivity index (χ4v) is 2.28. The van der Waals surface area contributed by atoms with Crippen LogP contribution in [0.25, 0.3) is 6.08 Å². The number of alkyl halides is 3. The average molecular weight is 343 g/mol. The summed E-state index contributed by atoms with van der Waals surface area (Å²) in [5.41, 5.74) is 0.792. The molecule has 0 aromatic heterocycles. The Bertz CT molecular complexity index is 566. The van der Waals surface area contributed by atoms with E-state index in [2.05, 4.69) is 0 Å². The van der Waals surface area contributed by atoms with Crippen LogP contribution in [0.5, 0.6) is 5.75 Å². The maximum absolute atomic E-state index is 12.0. The summed E-state index contributed by atoms with van der Waals surface area (Å²) in [6.07, 6.45) is 0.210. The second kappa shape index (κ2) is 8.73. The number of ether oxygens (including phenoxy) is 2.